The third kappa shape index (κ3) is 6.98. The van der Waals surface area contributed by atoms with Gasteiger partial charge >= 0.3 is 0 Å². The van der Waals surface area contributed by atoms with Crippen molar-refractivity contribution in [3.63, 3.8) is 0 Å². The second-order valence-corrected chi connectivity index (χ2v) is 10.5. The van der Waals surface area contributed by atoms with E-state index in [9.17, 15) is 17.6 Å². The van der Waals surface area contributed by atoms with Gasteiger partial charge in [-0.15, -0.1) is 11.8 Å². The highest BCUT2D eigenvalue weighted by atomic mass is 32.2. The summed E-state index contributed by atoms with van der Waals surface area (Å²) in [4.78, 5) is 13.5. The summed E-state index contributed by atoms with van der Waals surface area (Å²) in [6, 6.07) is 20.1. The number of amides is 1. The Morgan fingerprint density at radius 3 is 2.29 bits per heavy atom. The Balaban J connectivity index is 1.60. The molecular formula is C25H27FN2O4S2. The summed E-state index contributed by atoms with van der Waals surface area (Å²) < 4.78 is 45.4. The molecule has 1 atom stereocenters. The van der Waals surface area contributed by atoms with E-state index in [0.717, 1.165) is 21.0 Å². The smallest absolute Gasteiger partial charge is 0.258 e. The predicted octanol–water partition coefficient (Wildman–Crippen LogP) is 4.77. The van der Waals surface area contributed by atoms with Gasteiger partial charge in [-0.3, -0.25) is 9.10 Å². The molecule has 0 saturated heterocycles. The van der Waals surface area contributed by atoms with Crippen LogP contribution in [0.5, 0.6) is 5.75 Å². The van der Waals surface area contributed by atoms with Gasteiger partial charge in [-0.1, -0.05) is 30.3 Å². The second-order valence-electron chi connectivity index (χ2n) is 7.71. The first-order valence-electron chi connectivity index (χ1n) is 10.5. The average Bonchev–Trinajstić information content (AvgIpc) is 2.82. The second kappa shape index (κ2) is 11.4. The van der Waals surface area contributed by atoms with Gasteiger partial charge in [0, 0.05) is 10.5 Å². The summed E-state index contributed by atoms with van der Waals surface area (Å²) in [6.45, 7) is 1.58. The van der Waals surface area contributed by atoms with Crippen LogP contribution in [0.15, 0.2) is 77.7 Å². The lowest BCUT2D eigenvalue weighted by Gasteiger charge is -2.23. The van der Waals surface area contributed by atoms with Crippen LogP contribution in [0.3, 0.4) is 0 Å². The molecule has 9 heteroatoms. The summed E-state index contributed by atoms with van der Waals surface area (Å²) >= 11 is 1.65. The minimum atomic E-state index is -3.66. The van der Waals surface area contributed by atoms with Crippen molar-refractivity contribution in [2.75, 3.05) is 23.4 Å². The topological polar surface area (TPSA) is 75.7 Å². The highest BCUT2D eigenvalue weighted by Gasteiger charge is 2.19. The standard InChI is InChI=1S/C25H27FN2O4S2/c1-18(19-8-14-23(33-2)15-9-19)27-25(29)17-32-22-12-10-21(11-13-22)28(34(3,30)31)16-20-6-4-5-7-24(20)26/h4-15,18H,16-17H2,1-3H3,(H,27,29). The molecule has 1 N–H and O–H groups in total. The van der Waals surface area contributed by atoms with E-state index in [1.165, 1.54) is 6.07 Å². The molecule has 3 aromatic carbocycles. The molecule has 1 amide bonds. The molecular weight excluding hydrogens is 475 g/mol. The molecule has 0 heterocycles. The van der Waals surface area contributed by atoms with Gasteiger partial charge in [0.15, 0.2) is 6.61 Å². The number of thioether (sulfide) groups is 1. The third-order valence-corrected chi connectivity index (χ3v) is 7.04. The van der Waals surface area contributed by atoms with Crippen LogP contribution in [-0.4, -0.2) is 33.4 Å². The molecule has 0 aliphatic rings. The fourth-order valence-corrected chi connectivity index (χ4v) is 4.58. The first kappa shape index (κ1) is 25.6. The normalized spacial score (nSPS) is 12.1. The summed E-state index contributed by atoms with van der Waals surface area (Å²) in [7, 11) is -3.66. The van der Waals surface area contributed by atoms with Crippen LogP contribution in [-0.2, 0) is 21.4 Å². The lowest BCUT2D eigenvalue weighted by molar-refractivity contribution is -0.123. The predicted molar refractivity (Wildman–Crippen MR) is 134 cm³/mol. The third-order valence-electron chi connectivity index (χ3n) is 5.16. The molecule has 1 unspecified atom stereocenters. The molecule has 0 spiro atoms. The van der Waals surface area contributed by atoms with Crippen molar-refractivity contribution in [1.29, 1.82) is 0 Å². The van der Waals surface area contributed by atoms with E-state index in [-0.39, 0.29) is 30.7 Å². The molecule has 6 nitrogen and oxygen atoms in total. The number of nitrogens with zero attached hydrogens (tertiary/aromatic N) is 1. The maximum absolute atomic E-state index is 14.0. The molecule has 0 aliphatic heterocycles. The van der Waals surface area contributed by atoms with E-state index in [1.54, 1.807) is 54.2 Å². The van der Waals surface area contributed by atoms with Gasteiger partial charge < -0.3 is 10.1 Å². The average molecular weight is 503 g/mol. The molecule has 0 aromatic heterocycles. The number of ether oxygens (including phenoxy) is 1. The van der Waals surface area contributed by atoms with Gasteiger partial charge in [-0.2, -0.15) is 0 Å². The van der Waals surface area contributed by atoms with E-state index in [4.69, 9.17) is 4.74 Å². The minimum Gasteiger partial charge on any atom is -0.484 e. The maximum atomic E-state index is 14.0. The Morgan fingerprint density at radius 1 is 1.06 bits per heavy atom. The number of carbonyl (C=O) groups excluding carboxylic acids is 1. The first-order valence-corrected chi connectivity index (χ1v) is 13.6. The van der Waals surface area contributed by atoms with Crippen LogP contribution in [0, 0.1) is 5.82 Å². The molecule has 34 heavy (non-hydrogen) atoms. The SMILES string of the molecule is CSc1ccc(C(C)NC(=O)COc2ccc(N(Cc3ccccc3F)S(C)(=O)=O)cc2)cc1. The van der Waals surface area contributed by atoms with Crippen LogP contribution in [0.2, 0.25) is 0 Å². The van der Waals surface area contributed by atoms with E-state index in [2.05, 4.69) is 5.32 Å². The summed E-state index contributed by atoms with van der Waals surface area (Å²) in [5.41, 5.74) is 1.62. The Bertz CT molecular complexity index is 1220. The Kier molecular flexibility index (Phi) is 8.57. The van der Waals surface area contributed by atoms with E-state index >= 15 is 0 Å². The molecule has 0 saturated carbocycles. The van der Waals surface area contributed by atoms with Gasteiger partial charge in [0.1, 0.15) is 11.6 Å². The summed E-state index contributed by atoms with van der Waals surface area (Å²) in [6.07, 6.45) is 3.07. The molecule has 0 aliphatic carbocycles. The number of hydrogen-bond donors (Lipinski definition) is 1. The highest BCUT2D eigenvalue weighted by Crippen LogP contribution is 2.24. The largest absolute Gasteiger partial charge is 0.484 e. The van der Waals surface area contributed by atoms with Crippen LogP contribution in [0.1, 0.15) is 24.1 Å². The number of nitrogens with one attached hydrogen (secondary N) is 1. The highest BCUT2D eigenvalue weighted by molar-refractivity contribution is 7.98. The molecule has 180 valence electrons. The number of anilines is 1. The Labute approximate surface area is 204 Å². The van der Waals surface area contributed by atoms with Crippen molar-refractivity contribution in [2.45, 2.75) is 24.4 Å². The van der Waals surface area contributed by atoms with Crippen molar-refractivity contribution in [3.8, 4) is 5.75 Å². The Morgan fingerprint density at radius 2 is 1.71 bits per heavy atom. The van der Waals surface area contributed by atoms with E-state index < -0.39 is 15.8 Å². The monoisotopic (exact) mass is 502 g/mol. The van der Waals surface area contributed by atoms with Gasteiger partial charge in [0.05, 0.1) is 24.5 Å². The van der Waals surface area contributed by atoms with Crippen molar-refractivity contribution in [2.24, 2.45) is 0 Å². The van der Waals surface area contributed by atoms with Gasteiger partial charge in [0.25, 0.3) is 5.91 Å². The van der Waals surface area contributed by atoms with Gasteiger partial charge in [-0.05, 0) is 61.2 Å². The van der Waals surface area contributed by atoms with Gasteiger partial charge in [0.2, 0.25) is 10.0 Å². The number of benzene rings is 3. The summed E-state index contributed by atoms with van der Waals surface area (Å²) in [5, 5.41) is 2.89. The van der Waals surface area contributed by atoms with Crippen LogP contribution >= 0.6 is 11.8 Å². The zero-order valence-corrected chi connectivity index (χ0v) is 20.8. The van der Waals surface area contributed by atoms with Crippen molar-refractivity contribution in [1.82, 2.24) is 5.32 Å². The zero-order chi connectivity index (χ0) is 24.7. The number of hydrogen-bond acceptors (Lipinski definition) is 5. The van der Waals surface area contributed by atoms with Crippen molar-refractivity contribution < 1.29 is 22.3 Å². The fraction of sp³-hybridized carbons (Fsp3) is 0.240. The van der Waals surface area contributed by atoms with Gasteiger partial charge in [-0.25, -0.2) is 12.8 Å². The molecule has 3 rings (SSSR count). The summed E-state index contributed by atoms with van der Waals surface area (Å²) in [5.74, 6) is -0.338. The number of halogens is 1. The zero-order valence-electron chi connectivity index (χ0n) is 19.2. The Hall–Kier alpha value is -3.04. The van der Waals surface area contributed by atoms with Crippen molar-refractivity contribution >= 4 is 33.4 Å². The van der Waals surface area contributed by atoms with Crippen LogP contribution in [0.4, 0.5) is 10.1 Å². The fourth-order valence-electron chi connectivity index (χ4n) is 3.30. The van der Waals surface area contributed by atoms with E-state index in [1.807, 2.05) is 37.4 Å². The van der Waals surface area contributed by atoms with Crippen LogP contribution < -0.4 is 14.4 Å². The minimum absolute atomic E-state index is 0.135. The quantitative estimate of drug-likeness (QED) is 0.404. The first-order chi connectivity index (χ1) is 16.2. The molecule has 0 radical (unpaired) electrons. The maximum Gasteiger partial charge on any atom is 0.258 e. The lowest BCUT2D eigenvalue weighted by Crippen LogP contribution is -2.31. The lowest BCUT2D eigenvalue weighted by atomic mass is 10.1. The molecule has 0 fully saturated rings. The molecule has 3 aromatic rings. The van der Waals surface area contributed by atoms with E-state index in [0.29, 0.717) is 11.4 Å². The van der Waals surface area contributed by atoms with Crippen LogP contribution in [0.25, 0.3) is 0 Å². The molecule has 0 bridgehead atoms. The number of rotatable bonds is 10. The van der Waals surface area contributed by atoms with Crippen molar-refractivity contribution in [3.05, 3.63) is 89.7 Å². The number of carbonyl (C=O) groups is 1. The number of sulfonamides is 1.